The Morgan fingerprint density at radius 1 is 1.13 bits per heavy atom. The normalized spacial score (nSPS) is 13.1. The fourth-order valence-corrected chi connectivity index (χ4v) is 4.86. The van der Waals surface area contributed by atoms with Gasteiger partial charge in [0.1, 0.15) is 22.5 Å². The van der Waals surface area contributed by atoms with E-state index < -0.39 is 0 Å². The quantitative estimate of drug-likeness (QED) is 0.396. The third-order valence-electron chi connectivity index (χ3n) is 5.75. The maximum absolute atomic E-state index is 12.8. The van der Waals surface area contributed by atoms with Crippen LogP contribution in [-0.4, -0.2) is 77.2 Å². The number of nitrogens with zero attached hydrogens (tertiary/aromatic N) is 6. The summed E-state index contributed by atoms with van der Waals surface area (Å²) in [6.07, 6.45) is 1.67. The first-order valence-electron chi connectivity index (χ1n) is 13.1. The Morgan fingerprint density at radius 3 is 2.45 bits per heavy atom. The van der Waals surface area contributed by atoms with E-state index in [0.29, 0.717) is 28.1 Å². The maximum Gasteiger partial charge on any atom is 0.284 e. The van der Waals surface area contributed by atoms with Gasteiger partial charge in [0.25, 0.3) is 5.91 Å². The Balaban J connectivity index is 0.00000121. The molecule has 2 aromatic heterocycles. The molecule has 3 aromatic rings. The van der Waals surface area contributed by atoms with E-state index in [4.69, 9.17) is 16.7 Å². The van der Waals surface area contributed by atoms with Crippen molar-refractivity contribution in [2.24, 2.45) is 0 Å². The van der Waals surface area contributed by atoms with Crippen molar-refractivity contribution < 1.29 is 9.90 Å². The van der Waals surface area contributed by atoms with E-state index in [1.165, 1.54) is 11.3 Å². The van der Waals surface area contributed by atoms with Gasteiger partial charge in [-0.05, 0) is 25.5 Å². The molecule has 0 radical (unpaired) electrons. The maximum atomic E-state index is 12.8. The number of nitrogens with one attached hydrogen (secondary N) is 1. The first-order valence-corrected chi connectivity index (χ1v) is 14.2. The molecule has 4 rings (SSSR count). The number of halogens is 1. The Morgan fingerprint density at radius 2 is 1.82 bits per heavy atom. The van der Waals surface area contributed by atoms with Crippen LogP contribution in [0.1, 0.15) is 48.9 Å². The number of aryl methyl sites for hydroxylation is 2. The number of amides is 1. The smallest absolute Gasteiger partial charge is 0.284 e. The SMILES string of the molecule is CC.CC.Cc1nc(N2CCN(CCO)CC2)cc(N(C)c2cnc(C(=O)Nc3c(C)cccc3Cl)s2)n1. The van der Waals surface area contributed by atoms with Gasteiger partial charge in [0.05, 0.1) is 23.5 Å². The highest BCUT2D eigenvalue weighted by Crippen LogP contribution is 2.31. The minimum absolute atomic E-state index is 0.175. The fraction of sp³-hybridized carbons (Fsp3) is 0.481. The minimum Gasteiger partial charge on any atom is -0.395 e. The Kier molecular flexibility index (Phi) is 12.9. The number of carbonyl (C=O) groups is 1. The van der Waals surface area contributed by atoms with Crippen molar-refractivity contribution in [2.45, 2.75) is 41.5 Å². The lowest BCUT2D eigenvalue weighted by Gasteiger charge is -2.35. The molecule has 1 fully saturated rings. The van der Waals surface area contributed by atoms with Crippen molar-refractivity contribution in [2.75, 3.05) is 61.5 Å². The molecule has 0 bridgehead atoms. The molecule has 0 aliphatic carbocycles. The molecule has 38 heavy (non-hydrogen) atoms. The van der Waals surface area contributed by atoms with E-state index in [0.717, 1.165) is 48.4 Å². The van der Waals surface area contributed by atoms with Crippen molar-refractivity contribution in [3.8, 4) is 0 Å². The number of aliphatic hydroxyl groups excluding tert-OH is 1. The van der Waals surface area contributed by atoms with E-state index in [1.54, 1.807) is 12.3 Å². The van der Waals surface area contributed by atoms with Gasteiger partial charge in [0.15, 0.2) is 5.01 Å². The monoisotopic (exact) mass is 561 g/mol. The zero-order valence-corrected chi connectivity index (χ0v) is 25.0. The van der Waals surface area contributed by atoms with Gasteiger partial charge in [-0.1, -0.05) is 62.8 Å². The first-order chi connectivity index (χ1) is 18.4. The summed E-state index contributed by atoms with van der Waals surface area (Å²) in [5, 5.41) is 13.6. The van der Waals surface area contributed by atoms with Crippen LogP contribution in [0.3, 0.4) is 0 Å². The van der Waals surface area contributed by atoms with Gasteiger partial charge >= 0.3 is 0 Å². The van der Waals surface area contributed by atoms with Gasteiger partial charge in [0, 0.05) is 45.8 Å². The summed E-state index contributed by atoms with van der Waals surface area (Å²) in [5.41, 5.74) is 1.48. The Bertz CT molecular complexity index is 1150. The van der Waals surface area contributed by atoms with Crippen LogP contribution in [0, 0.1) is 13.8 Å². The summed E-state index contributed by atoms with van der Waals surface area (Å²) < 4.78 is 0. The largest absolute Gasteiger partial charge is 0.395 e. The fourth-order valence-electron chi connectivity index (χ4n) is 3.81. The number of hydrogen-bond donors (Lipinski definition) is 2. The molecule has 0 spiro atoms. The molecule has 1 aliphatic heterocycles. The van der Waals surface area contributed by atoms with Crippen LogP contribution in [0.5, 0.6) is 0 Å². The molecule has 1 saturated heterocycles. The van der Waals surface area contributed by atoms with E-state index in [-0.39, 0.29) is 12.5 Å². The van der Waals surface area contributed by atoms with Crippen LogP contribution in [0.15, 0.2) is 30.5 Å². The second kappa shape index (κ2) is 15.6. The van der Waals surface area contributed by atoms with Crippen molar-refractivity contribution in [3.05, 3.63) is 51.9 Å². The number of benzene rings is 1. The summed E-state index contributed by atoms with van der Waals surface area (Å²) in [4.78, 5) is 32.7. The molecule has 0 saturated carbocycles. The third-order valence-corrected chi connectivity index (χ3v) is 7.13. The molecule has 1 amide bonds. The third kappa shape index (κ3) is 8.10. The highest BCUT2D eigenvalue weighted by molar-refractivity contribution is 7.17. The Labute approximate surface area is 235 Å². The molecule has 0 atom stereocenters. The average molecular weight is 562 g/mol. The molecule has 2 N–H and O–H groups in total. The van der Waals surface area contributed by atoms with Crippen LogP contribution in [0.2, 0.25) is 5.02 Å². The number of anilines is 4. The summed E-state index contributed by atoms with van der Waals surface area (Å²) in [5.74, 6) is 1.97. The summed E-state index contributed by atoms with van der Waals surface area (Å²) >= 11 is 7.53. The van der Waals surface area contributed by atoms with Crippen molar-refractivity contribution in [1.82, 2.24) is 19.9 Å². The van der Waals surface area contributed by atoms with Gasteiger partial charge in [-0.3, -0.25) is 9.69 Å². The standard InChI is InChI=1S/C23H28ClN7O2S.2C2H6/c1-15-5-4-6-17(24)21(15)28-22(33)23-25-14-20(34-23)29(3)18-13-19(27-16(2)26-18)31-9-7-30(8-10-31)11-12-32;2*1-2/h4-6,13-14,32H,7-12H2,1-3H3,(H,28,33);2*1-2H3. The number of aromatic nitrogens is 3. The molecule has 9 nitrogen and oxygen atoms in total. The van der Waals surface area contributed by atoms with E-state index in [2.05, 4.69) is 30.1 Å². The number of hydrogen-bond acceptors (Lipinski definition) is 9. The van der Waals surface area contributed by atoms with Crippen molar-refractivity contribution >= 4 is 51.2 Å². The highest BCUT2D eigenvalue weighted by atomic mass is 35.5. The zero-order valence-electron chi connectivity index (χ0n) is 23.5. The van der Waals surface area contributed by atoms with Gasteiger partial charge in [-0.2, -0.15) is 0 Å². The average Bonchev–Trinajstić information content (AvgIpc) is 3.43. The molecule has 0 unspecified atom stereocenters. The number of para-hydroxylation sites is 1. The second-order valence-electron chi connectivity index (χ2n) is 8.13. The number of carbonyl (C=O) groups excluding carboxylic acids is 1. The molecule has 3 heterocycles. The number of thiazole rings is 1. The van der Waals surface area contributed by atoms with E-state index in [1.807, 2.05) is 71.7 Å². The number of aliphatic hydroxyl groups is 1. The summed E-state index contributed by atoms with van der Waals surface area (Å²) in [6, 6.07) is 7.44. The topological polar surface area (TPSA) is 97.7 Å². The lowest BCUT2D eigenvalue weighted by Crippen LogP contribution is -2.47. The van der Waals surface area contributed by atoms with Gasteiger partial charge in [-0.15, -0.1) is 0 Å². The molecular weight excluding hydrogens is 522 g/mol. The molecule has 1 aromatic carbocycles. The molecule has 208 valence electrons. The van der Waals surface area contributed by atoms with Gasteiger partial charge in [0.2, 0.25) is 0 Å². The zero-order chi connectivity index (χ0) is 28.2. The lowest BCUT2D eigenvalue weighted by atomic mass is 10.2. The van der Waals surface area contributed by atoms with Crippen LogP contribution in [0.4, 0.5) is 22.3 Å². The van der Waals surface area contributed by atoms with Crippen LogP contribution < -0.4 is 15.1 Å². The Hall–Kier alpha value is -2.79. The highest BCUT2D eigenvalue weighted by Gasteiger charge is 2.21. The van der Waals surface area contributed by atoms with Gasteiger partial charge < -0.3 is 20.2 Å². The van der Waals surface area contributed by atoms with Crippen molar-refractivity contribution in [3.63, 3.8) is 0 Å². The van der Waals surface area contributed by atoms with Crippen LogP contribution >= 0.6 is 22.9 Å². The predicted octanol–water partition coefficient (Wildman–Crippen LogP) is 5.39. The van der Waals surface area contributed by atoms with Crippen LogP contribution in [-0.2, 0) is 0 Å². The number of rotatable bonds is 7. The summed E-state index contributed by atoms with van der Waals surface area (Å²) in [7, 11) is 1.90. The predicted molar refractivity (Wildman–Crippen MR) is 160 cm³/mol. The minimum atomic E-state index is -0.304. The first kappa shape index (κ1) is 31.4. The molecule has 11 heteroatoms. The second-order valence-corrected chi connectivity index (χ2v) is 9.55. The molecular formula is C27H40ClN7O2S. The molecule has 1 aliphatic rings. The number of β-amino-alcohol motifs (C(OH)–C–C–N with tert-alkyl or cyclic N) is 1. The summed E-state index contributed by atoms with van der Waals surface area (Å²) in [6.45, 7) is 16.1. The van der Waals surface area contributed by atoms with Crippen LogP contribution in [0.25, 0.3) is 0 Å². The number of piperazine rings is 1. The van der Waals surface area contributed by atoms with Crippen molar-refractivity contribution in [1.29, 1.82) is 0 Å². The van der Waals surface area contributed by atoms with E-state index >= 15 is 0 Å². The van der Waals surface area contributed by atoms with Gasteiger partial charge in [-0.25, -0.2) is 15.0 Å². The van der Waals surface area contributed by atoms with E-state index in [9.17, 15) is 4.79 Å². The lowest BCUT2D eigenvalue weighted by molar-refractivity contribution is 0.102.